The number of sulfone groups is 1. The maximum atomic E-state index is 13.6. The molecule has 0 N–H and O–H groups in total. The zero-order valence-electron chi connectivity index (χ0n) is 17.9. The van der Waals surface area contributed by atoms with Crippen LogP contribution in [0.3, 0.4) is 0 Å². The highest BCUT2D eigenvalue weighted by Crippen LogP contribution is 2.27. The number of carbonyl (C=O) groups excluding carboxylic acids is 1. The topological polar surface area (TPSA) is 72.3 Å². The van der Waals surface area contributed by atoms with Gasteiger partial charge in [0.15, 0.2) is 9.84 Å². The van der Waals surface area contributed by atoms with Gasteiger partial charge in [-0.05, 0) is 25.8 Å². The first-order valence-corrected chi connectivity index (χ1v) is 12.4. The molecule has 162 valence electrons. The first-order chi connectivity index (χ1) is 14.9. The van der Waals surface area contributed by atoms with Gasteiger partial charge in [0.25, 0.3) is 5.91 Å². The van der Waals surface area contributed by atoms with Crippen LogP contribution in [0, 0.1) is 6.92 Å². The van der Waals surface area contributed by atoms with Crippen LogP contribution in [-0.2, 0) is 16.4 Å². The predicted octanol–water partition coefficient (Wildman–Crippen LogP) is 3.56. The summed E-state index contributed by atoms with van der Waals surface area (Å²) in [7, 11) is -3.08. The quantitative estimate of drug-likeness (QED) is 0.591. The molecular formula is C24H27N3O3S. The van der Waals surface area contributed by atoms with Gasteiger partial charge in [0.1, 0.15) is 5.69 Å². The van der Waals surface area contributed by atoms with E-state index in [0.717, 1.165) is 16.7 Å². The van der Waals surface area contributed by atoms with Crippen LogP contribution in [0.2, 0.25) is 0 Å². The number of aromatic nitrogens is 2. The minimum Gasteiger partial charge on any atom is -0.335 e. The van der Waals surface area contributed by atoms with Gasteiger partial charge in [-0.3, -0.25) is 9.48 Å². The average Bonchev–Trinajstić information content (AvgIpc) is 3.33. The van der Waals surface area contributed by atoms with Crippen molar-refractivity contribution in [2.75, 3.05) is 18.1 Å². The molecule has 0 bridgehead atoms. The third-order valence-electron chi connectivity index (χ3n) is 5.76. The van der Waals surface area contributed by atoms with E-state index in [1.807, 2.05) is 68.4 Å². The van der Waals surface area contributed by atoms with Gasteiger partial charge in [-0.25, -0.2) is 8.42 Å². The number of rotatable bonds is 6. The van der Waals surface area contributed by atoms with Crippen LogP contribution in [0.4, 0.5) is 0 Å². The van der Waals surface area contributed by atoms with Gasteiger partial charge < -0.3 is 4.90 Å². The first-order valence-electron chi connectivity index (χ1n) is 10.6. The second-order valence-corrected chi connectivity index (χ2v) is 10.3. The third kappa shape index (κ3) is 4.71. The molecule has 1 unspecified atom stereocenters. The van der Waals surface area contributed by atoms with E-state index in [2.05, 4.69) is 0 Å². The van der Waals surface area contributed by atoms with Gasteiger partial charge in [0, 0.05) is 24.3 Å². The van der Waals surface area contributed by atoms with Gasteiger partial charge in [-0.2, -0.15) is 5.10 Å². The van der Waals surface area contributed by atoms with Crippen LogP contribution in [0.1, 0.15) is 34.8 Å². The number of hydrogen-bond acceptors (Lipinski definition) is 4. The maximum Gasteiger partial charge on any atom is 0.257 e. The summed E-state index contributed by atoms with van der Waals surface area (Å²) in [5, 5.41) is 4.75. The monoisotopic (exact) mass is 437 g/mol. The van der Waals surface area contributed by atoms with Gasteiger partial charge in [0.05, 0.1) is 23.6 Å². The lowest BCUT2D eigenvalue weighted by Crippen LogP contribution is -2.41. The molecule has 7 heteroatoms. The zero-order chi connectivity index (χ0) is 22.0. The van der Waals surface area contributed by atoms with E-state index in [4.69, 9.17) is 5.10 Å². The van der Waals surface area contributed by atoms with Crippen LogP contribution >= 0.6 is 0 Å². The van der Waals surface area contributed by atoms with Crippen molar-refractivity contribution >= 4 is 15.7 Å². The summed E-state index contributed by atoms with van der Waals surface area (Å²) < 4.78 is 25.8. The van der Waals surface area contributed by atoms with Crippen LogP contribution in [0.25, 0.3) is 11.3 Å². The van der Waals surface area contributed by atoms with Gasteiger partial charge >= 0.3 is 0 Å². The molecular weight excluding hydrogens is 410 g/mol. The lowest BCUT2D eigenvalue weighted by Gasteiger charge is -2.26. The summed E-state index contributed by atoms with van der Waals surface area (Å²) in [6.45, 7) is 4.92. The summed E-state index contributed by atoms with van der Waals surface area (Å²) in [6.07, 6.45) is 2.27. The maximum absolute atomic E-state index is 13.6. The van der Waals surface area contributed by atoms with Crippen molar-refractivity contribution < 1.29 is 13.2 Å². The first kappa shape index (κ1) is 21.3. The molecule has 1 aliphatic heterocycles. The smallest absolute Gasteiger partial charge is 0.257 e. The normalized spacial score (nSPS) is 17.5. The summed E-state index contributed by atoms with van der Waals surface area (Å²) in [6, 6.07) is 17.6. The molecule has 6 nitrogen and oxygen atoms in total. The molecule has 1 aromatic heterocycles. The van der Waals surface area contributed by atoms with Crippen molar-refractivity contribution in [3.63, 3.8) is 0 Å². The Morgan fingerprint density at radius 2 is 1.84 bits per heavy atom. The Morgan fingerprint density at radius 3 is 2.45 bits per heavy atom. The second kappa shape index (κ2) is 8.67. The number of nitrogens with zero attached hydrogens (tertiary/aromatic N) is 3. The SMILES string of the molecule is CCN(C(=O)c1cn(Cc2ccccc2)nc1-c1ccc(C)cc1)C1CCS(=O)(=O)C1. The standard InChI is InChI=1S/C24H27N3O3S/c1-3-27(21-13-14-31(29,30)17-21)24(28)22-16-26(15-19-7-5-4-6-8-19)25-23(22)20-11-9-18(2)10-12-20/h4-12,16,21H,3,13-15,17H2,1-2H3. The molecule has 4 rings (SSSR count). The van der Waals surface area contributed by atoms with Crippen LogP contribution in [0.5, 0.6) is 0 Å². The van der Waals surface area contributed by atoms with Crippen LogP contribution < -0.4 is 0 Å². The zero-order valence-corrected chi connectivity index (χ0v) is 18.7. The van der Waals surface area contributed by atoms with E-state index in [0.29, 0.717) is 30.8 Å². The minimum atomic E-state index is -3.08. The molecule has 1 amide bonds. The fourth-order valence-electron chi connectivity index (χ4n) is 4.10. The molecule has 1 atom stereocenters. The molecule has 0 radical (unpaired) electrons. The van der Waals surface area contributed by atoms with Crippen molar-refractivity contribution in [1.82, 2.24) is 14.7 Å². The largest absolute Gasteiger partial charge is 0.335 e. The average molecular weight is 438 g/mol. The third-order valence-corrected chi connectivity index (χ3v) is 7.51. The molecule has 1 aliphatic rings. The highest BCUT2D eigenvalue weighted by atomic mass is 32.2. The molecule has 2 heterocycles. The van der Waals surface area contributed by atoms with Crippen molar-refractivity contribution in [2.45, 2.75) is 32.9 Å². The number of benzene rings is 2. The van der Waals surface area contributed by atoms with Crippen LogP contribution in [0.15, 0.2) is 60.8 Å². The van der Waals surface area contributed by atoms with E-state index in [9.17, 15) is 13.2 Å². The highest BCUT2D eigenvalue weighted by Gasteiger charge is 2.35. The Bertz CT molecular complexity index is 1170. The Morgan fingerprint density at radius 1 is 1.13 bits per heavy atom. The van der Waals surface area contributed by atoms with E-state index < -0.39 is 9.84 Å². The van der Waals surface area contributed by atoms with Gasteiger partial charge in [0.2, 0.25) is 0 Å². The molecule has 0 aliphatic carbocycles. The minimum absolute atomic E-state index is 0.0323. The summed E-state index contributed by atoms with van der Waals surface area (Å²) in [5.41, 5.74) is 4.22. The summed E-state index contributed by atoms with van der Waals surface area (Å²) in [4.78, 5) is 15.3. The van der Waals surface area contributed by atoms with E-state index in [1.54, 1.807) is 15.8 Å². The van der Waals surface area contributed by atoms with Crippen molar-refractivity contribution in [3.8, 4) is 11.3 Å². The number of aryl methyl sites for hydroxylation is 1. The molecule has 0 saturated carbocycles. The molecule has 1 saturated heterocycles. The molecule has 3 aromatic rings. The number of carbonyl (C=O) groups is 1. The van der Waals surface area contributed by atoms with Crippen LogP contribution in [-0.4, -0.2) is 53.1 Å². The van der Waals surface area contributed by atoms with Gasteiger partial charge in [-0.1, -0.05) is 60.2 Å². The Kier molecular flexibility index (Phi) is 5.96. The highest BCUT2D eigenvalue weighted by molar-refractivity contribution is 7.91. The van der Waals surface area contributed by atoms with Crippen molar-refractivity contribution in [3.05, 3.63) is 77.5 Å². The Hall–Kier alpha value is -2.93. The fraction of sp³-hybridized carbons (Fsp3) is 0.333. The van der Waals surface area contributed by atoms with E-state index in [1.165, 1.54) is 0 Å². The summed E-state index contributed by atoms with van der Waals surface area (Å²) in [5.74, 6) is 0.00362. The summed E-state index contributed by atoms with van der Waals surface area (Å²) >= 11 is 0. The van der Waals surface area contributed by atoms with Gasteiger partial charge in [-0.15, -0.1) is 0 Å². The number of hydrogen-bond donors (Lipinski definition) is 0. The molecule has 0 spiro atoms. The second-order valence-electron chi connectivity index (χ2n) is 8.09. The Balaban J connectivity index is 1.71. The van der Waals surface area contributed by atoms with E-state index >= 15 is 0 Å². The van der Waals surface area contributed by atoms with Crippen molar-refractivity contribution in [1.29, 1.82) is 0 Å². The molecule has 1 fully saturated rings. The van der Waals surface area contributed by atoms with E-state index in [-0.39, 0.29) is 23.5 Å². The predicted molar refractivity (Wildman–Crippen MR) is 122 cm³/mol. The molecule has 2 aromatic carbocycles. The number of amides is 1. The van der Waals surface area contributed by atoms with Crippen molar-refractivity contribution in [2.24, 2.45) is 0 Å². The molecule has 31 heavy (non-hydrogen) atoms. The Labute approximate surface area is 183 Å². The fourth-order valence-corrected chi connectivity index (χ4v) is 5.83. The lowest BCUT2D eigenvalue weighted by atomic mass is 10.0. The lowest BCUT2D eigenvalue weighted by molar-refractivity contribution is 0.0709.